The summed E-state index contributed by atoms with van der Waals surface area (Å²) in [6.45, 7) is 12.2. The Morgan fingerprint density at radius 2 is 2.03 bits per heavy atom. The molecule has 1 fully saturated rings. The number of aromatic nitrogens is 1. The molecule has 2 aromatic rings. The van der Waals surface area contributed by atoms with E-state index >= 15 is 4.39 Å². The number of anilines is 2. The molecule has 1 amide bonds. The van der Waals surface area contributed by atoms with Crippen LogP contribution < -0.4 is 9.80 Å². The van der Waals surface area contributed by atoms with Crippen molar-refractivity contribution in [2.75, 3.05) is 9.80 Å². The first kappa shape index (κ1) is 22.7. The van der Waals surface area contributed by atoms with E-state index in [0.29, 0.717) is 5.69 Å². The molecular formula is C25H24FN5OS. The summed E-state index contributed by atoms with van der Waals surface area (Å²) >= 11 is 5.64. The first-order chi connectivity index (χ1) is 15.8. The van der Waals surface area contributed by atoms with Crippen molar-refractivity contribution in [2.24, 2.45) is 4.99 Å². The van der Waals surface area contributed by atoms with Gasteiger partial charge in [-0.2, -0.15) is 0 Å². The molecule has 0 atom stereocenters. The van der Waals surface area contributed by atoms with Crippen molar-refractivity contribution in [1.29, 1.82) is 0 Å². The van der Waals surface area contributed by atoms with Crippen LogP contribution in [0.4, 0.5) is 21.5 Å². The monoisotopic (exact) mass is 461 g/mol. The van der Waals surface area contributed by atoms with E-state index in [1.54, 1.807) is 24.9 Å². The van der Waals surface area contributed by atoms with Gasteiger partial charge >= 0.3 is 0 Å². The molecule has 4 rings (SSSR count). The molecule has 0 spiro atoms. The van der Waals surface area contributed by atoms with Crippen molar-refractivity contribution in [3.05, 3.63) is 71.2 Å². The molecule has 6 nitrogen and oxygen atoms in total. The van der Waals surface area contributed by atoms with Crippen LogP contribution in [-0.2, 0) is 11.2 Å². The Labute approximate surface area is 198 Å². The lowest BCUT2D eigenvalue weighted by molar-refractivity contribution is -0.120. The first-order valence-corrected chi connectivity index (χ1v) is 11.2. The predicted octanol–water partition coefficient (Wildman–Crippen LogP) is 5.68. The van der Waals surface area contributed by atoms with Crippen molar-refractivity contribution < 1.29 is 9.18 Å². The van der Waals surface area contributed by atoms with Gasteiger partial charge in [0.1, 0.15) is 11.4 Å². The van der Waals surface area contributed by atoms with Crippen LogP contribution >= 0.6 is 12.2 Å². The summed E-state index contributed by atoms with van der Waals surface area (Å²) in [5, 5.41) is 0.181. The SMILES string of the molecule is [C-]#[N+]c1ccc(N2C(=O)C(C)(C)N(c3ccc(CCCC4=NC=CC4)nc3)C2=S)c(F)c1C. The molecule has 0 bridgehead atoms. The number of carbonyl (C=O) groups excluding carboxylic acids is 1. The van der Waals surface area contributed by atoms with Crippen molar-refractivity contribution in [2.45, 2.75) is 52.0 Å². The molecule has 0 N–H and O–H groups in total. The van der Waals surface area contributed by atoms with E-state index < -0.39 is 11.4 Å². The summed E-state index contributed by atoms with van der Waals surface area (Å²) in [5.41, 5.74) is 2.25. The fourth-order valence-electron chi connectivity index (χ4n) is 4.13. The lowest BCUT2D eigenvalue weighted by Gasteiger charge is -2.29. The maximum atomic E-state index is 15.1. The second-order valence-electron chi connectivity index (χ2n) is 8.62. The Kier molecular flexibility index (Phi) is 6.09. The Balaban J connectivity index is 1.56. The minimum Gasteiger partial charge on any atom is -0.302 e. The molecule has 2 aliphatic rings. The van der Waals surface area contributed by atoms with E-state index in [4.69, 9.17) is 18.8 Å². The maximum absolute atomic E-state index is 15.1. The van der Waals surface area contributed by atoms with Gasteiger partial charge in [0.15, 0.2) is 10.8 Å². The zero-order valence-electron chi connectivity index (χ0n) is 18.8. The molecule has 2 aliphatic heterocycles. The zero-order chi connectivity index (χ0) is 23.8. The van der Waals surface area contributed by atoms with Crippen LogP contribution in [0, 0.1) is 19.3 Å². The lowest BCUT2D eigenvalue weighted by atomic mass is 10.0. The van der Waals surface area contributed by atoms with Crippen LogP contribution in [0.3, 0.4) is 0 Å². The molecule has 0 radical (unpaired) electrons. The molecule has 1 aromatic carbocycles. The van der Waals surface area contributed by atoms with Gasteiger partial charge < -0.3 is 4.90 Å². The second-order valence-corrected chi connectivity index (χ2v) is 8.98. The predicted molar refractivity (Wildman–Crippen MR) is 132 cm³/mol. The van der Waals surface area contributed by atoms with Gasteiger partial charge in [0.25, 0.3) is 5.91 Å². The number of rotatable bonds is 6. The third kappa shape index (κ3) is 4.05. The number of allylic oxidation sites excluding steroid dienone is 1. The fraction of sp³-hybridized carbons (Fsp3) is 0.320. The number of thiocarbonyl (C=S) groups is 1. The Bertz CT molecular complexity index is 1230. The van der Waals surface area contributed by atoms with E-state index in [9.17, 15) is 4.79 Å². The Morgan fingerprint density at radius 1 is 1.24 bits per heavy atom. The van der Waals surface area contributed by atoms with Crippen LogP contribution in [0.25, 0.3) is 4.85 Å². The average molecular weight is 462 g/mol. The number of hydrogen-bond donors (Lipinski definition) is 0. The molecule has 0 saturated carbocycles. The van der Waals surface area contributed by atoms with Gasteiger partial charge in [0.2, 0.25) is 0 Å². The molecule has 1 aromatic heterocycles. The van der Waals surface area contributed by atoms with Gasteiger partial charge in [-0.05, 0) is 76.0 Å². The number of nitrogens with zero attached hydrogens (tertiary/aromatic N) is 5. The Hall–Kier alpha value is -3.44. The summed E-state index contributed by atoms with van der Waals surface area (Å²) in [5.74, 6) is -0.955. The number of hydrogen-bond acceptors (Lipinski definition) is 4. The van der Waals surface area contributed by atoms with Gasteiger partial charge in [0, 0.05) is 24.0 Å². The smallest absolute Gasteiger partial charge is 0.259 e. The van der Waals surface area contributed by atoms with Crippen molar-refractivity contribution in [3.63, 3.8) is 0 Å². The minimum atomic E-state index is -1.02. The highest BCUT2D eigenvalue weighted by Crippen LogP contribution is 2.39. The van der Waals surface area contributed by atoms with Gasteiger partial charge in [-0.1, -0.05) is 12.1 Å². The summed E-state index contributed by atoms with van der Waals surface area (Å²) in [4.78, 5) is 28.5. The largest absolute Gasteiger partial charge is 0.302 e. The van der Waals surface area contributed by atoms with Crippen LogP contribution in [-0.4, -0.2) is 27.3 Å². The normalized spacial score (nSPS) is 17.0. The molecule has 33 heavy (non-hydrogen) atoms. The number of benzene rings is 1. The maximum Gasteiger partial charge on any atom is 0.259 e. The van der Waals surface area contributed by atoms with E-state index in [1.165, 1.54) is 29.7 Å². The highest BCUT2D eigenvalue weighted by atomic mass is 32.1. The third-order valence-electron chi connectivity index (χ3n) is 6.05. The van der Waals surface area contributed by atoms with Crippen molar-refractivity contribution in [1.82, 2.24) is 4.98 Å². The summed E-state index contributed by atoms with van der Waals surface area (Å²) in [6.07, 6.45) is 9.28. The summed E-state index contributed by atoms with van der Waals surface area (Å²) < 4.78 is 15.1. The topological polar surface area (TPSA) is 53.2 Å². The lowest BCUT2D eigenvalue weighted by Crippen LogP contribution is -2.44. The highest BCUT2D eigenvalue weighted by molar-refractivity contribution is 7.81. The van der Waals surface area contributed by atoms with Crippen LogP contribution in [0.5, 0.6) is 0 Å². The minimum absolute atomic E-state index is 0.0550. The fourth-order valence-corrected chi connectivity index (χ4v) is 4.65. The number of halogens is 1. The average Bonchev–Trinajstić information content (AvgIpc) is 3.36. The van der Waals surface area contributed by atoms with Gasteiger partial charge in [0.05, 0.1) is 24.1 Å². The molecule has 0 aliphatic carbocycles. The molecule has 3 heterocycles. The molecular weight excluding hydrogens is 437 g/mol. The van der Waals surface area contributed by atoms with Gasteiger partial charge in [-0.15, -0.1) is 0 Å². The third-order valence-corrected chi connectivity index (χ3v) is 6.41. The standard InChI is InChI=1S/C25H24FN5OS/c1-16-20(27-4)12-13-21(22(16)26)30-23(32)25(2,3)31(24(30)33)19-11-10-18(29-15-19)8-5-7-17-9-6-14-28-17/h6,10-15H,5,7-9H2,1-3H3. The number of carbonyl (C=O) groups is 1. The summed E-state index contributed by atoms with van der Waals surface area (Å²) in [6, 6.07) is 6.78. The van der Waals surface area contributed by atoms with Crippen LogP contribution in [0.1, 0.15) is 44.4 Å². The molecule has 8 heteroatoms. The number of pyridine rings is 1. The molecule has 0 unspecified atom stereocenters. The van der Waals surface area contributed by atoms with E-state index in [0.717, 1.165) is 31.4 Å². The summed E-state index contributed by atoms with van der Waals surface area (Å²) in [7, 11) is 0. The highest BCUT2D eigenvalue weighted by Gasteiger charge is 2.51. The number of aliphatic imine (C=N–C) groups is 1. The quantitative estimate of drug-likeness (QED) is 0.410. The van der Waals surface area contributed by atoms with Gasteiger partial charge in [-0.25, -0.2) is 9.24 Å². The van der Waals surface area contributed by atoms with E-state index in [2.05, 4.69) is 20.9 Å². The van der Waals surface area contributed by atoms with Crippen molar-refractivity contribution in [3.8, 4) is 0 Å². The van der Waals surface area contributed by atoms with Crippen LogP contribution in [0.15, 0.2) is 47.7 Å². The zero-order valence-corrected chi connectivity index (χ0v) is 19.6. The van der Waals surface area contributed by atoms with Crippen LogP contribution in [0.2, 0.25) is 0 Å². The van der Waals surface area contributed by atoms with Crippen molar-refractivity contribution >= 4 is 46.0 Å². The van der Waals surface area contributed by atoms with Gasteiger partial charge in [-0.3, -0.25) is 19.7 Å². The first-order valence-electron chi connectivity index (χ1n) is 10.8. The Morgan fingerprint density at radius 3 is 2.67 bits per heavy atom. The number of amides is 1. The van der Waals surface area contributed by atoms with E-state index in [-0.39, 0.29) is 28.0 Å². The number of aryl methyl sites for hydroxylation is 1. The second kappa shape index (κ2) is 8.83. The van der Waals surface area contributed by atoms with E-state index in [1.807, 2.05) is 18.3 Å². The molecule has 168 valence electrons. The molecule has 1 saturated heterocycles.